The van der Waals surface area contributed by atoms with Crippen LogP contribution in [0.5, 0.6) is 0 Å². The monoisotopic (exact) mass is 507 g/mol. The first-order valence-electron chi connectivity index (χ1n) is 12.3. The maximum absolute atomic E-state index is 14.3. The zero-order valence-electron chi connectivity index (χ0n) is 20.3. The van der Waals surface area contributed by atoms with Crippen molar-refractivity contribution in [1.82, 2.24) is 19.9 Å². The molecule has 11 nitrogen and oxygen atoms in total. The van der Waals surface area contributed by atoms with Crippen LogP contribution in [0.3, 0.4) is 0 Å². The average Bonchev–Trinajstić information content (AvgIpc) is 3.56. The van der Waals surface area contributed by atoms with Gasteiger partial charge in [-0.2, -0.15) is 4.98 Å². The molecule has 4 aromatic rings. The molecule has 0 radical (unpaired) electrons. The van der Waals surface area contributed by atoms with E-state index in [-0.39, 0.29) is 12.2 Å². The number of carbonyl (C=O) groups is 1. The number of fused-ring (bicyclic) bond motifs is 1. The number of hydrogen-bond donors (Lipinski definition) is 1. The number of nitrogens with one attached hydrogen (secondary N) is 1. The van der Waals surface area contributed by atoms with Crippen LogP contribution in [0.1, 0.15) is 29.0 Å². The highest BCUT2D eigenvalue weighted by Crippen LogP contribution is 2.33. The summed E-state index contributed by atoms with van der Waals surface area (Å²) < 4.78 is 31.2. The van der Waals surface area contributed by atoms with Gasteiger partial charge in [-0.1, -0.05) is 0 Å². The third-order valence-electron chi connectivity index (χ3n) is 6.42. The van der Waals surface area contributed by atoms with Gasteiger partial charge in [0.15, 0.2) is 17.1 Å². The molecular formula is C25H26FN7O4. The van der Waals surface area contributed by atoms with E-state index in [1.165, 1.54) is 6.26 Å². The molecule has 0 aliphatic carbocycles. The van der Waals surface area contributed by atoms with Crippen LogP contribution in [0.2, 0.25) is 0 Å². The van der Waals surface area contributed by atoms with E-state index in [1.54, 1.807) is 18.3 Å². The number of carbonyl (C=O) groups excluding carboxylic acids is 1. The number of alkyl halides is 1. The first-order chi connectivity index (χ1) is 18.0. The summed E-state index contributed by atoms with van der Waals surface area (Å²) in [4.78, 5) is 34.8. The second-order valence-corrected chi connectivity index (χ2v) is 9.14. The van der Waals surface area contributed by atoms with Gasteiger partial charge in [-0.25, -0.2) is 14.4 Å². The fraction of sp³-hybridized carbons (Fsp3) is 0.400. The number of amides is 1. The zero-order valence-corrected chi connectivity index (χ0v) is 20.3. The molecule has 2 aliphatic heterocycles. The zero-order chi connectivity index (χ0) is 25.4. The first kappa shape index (κ1) is 23.3. The van der Waals surface area contributed by atoms with Gasteiger partial charge in [0.25, 0.3) is 11.9 Å². The third-order valence-corrected chi connectivity index (χ3v) is 6.42. The lowest BCUT2D eigenvalue weighted by Gasteiger charge is -2.31. The van der Waals surface area contributed by atoms with Gasteiger partial charge in [0.1, 0.15) is 12.4 Å². The largest absolute Gasteiger partial charge is 0.444 e. The van der Waals surface area contributed by atoms with Crippen LogP contribution in [0, 0.1) is 6.92 Å². The van der Waals surface area contributed by atoms with Crippen molar-refractivity contribution in [2.45, 2.75) is 25.9 Å². The predicted octanol–water partition coefficient (Wildman–Crippen LogP) is 3.61. The molecule has 1 N–H and O–H groups in total. The van der Waals surface area contributed by atoms with Crippen molar-refractivity contribution in [1.29, 1.82) is 0 Å². The van der Waals surface area contributed by atoms with Crippen molar-refractivity contribution < 1.29 is 22.8 Å². The number of pyridine rings is 2. The van der Waals surface area contributed by atoms with Crippen LogP contribution < -0.4 is 15.1 Å². The van der Waals surface area contributed by atoms with Crippen molar-refractivity contribution in [3.8, 4) is 11.5 Å². The Bertz CT molecular complexity index is 1430. The van der Waals surface area contributed by atoms with E-state index < -0.39 is 12.1 Å². The number of hydrogen-bond acceptors (Lipinski definition) is 10. The Hall–Kier alpha value is -4.06. The minimum Gasteiger partial charge on any atom is -0.444 e. The maximum atomic E-state index is 14.3. The van der Waals surface area contributed by atoms with Gasteiger partial charge in [0, 0.05) is 43.2 Å². The molecule has 1 unspecified atom stereocenters. The molecule has 2 saturated heterocycles. The summed E-state index contributed by atoms with van der Waals surface area (Å²) in [5.74, 6) is 0.273. The molecule has 37 heavy (non-hydrogen) atoms. The second-order valence-electron chi connectivity index (χ2n) is 9.14. The summed E-state index contributed by atoms with van der Waals surface area (Å²) in [7, 11) is 0. The number of rotatable bonds is 5. The van der Waals surface area contributed by atoms with Crippen LogP contribution in [0.25, 0.3) is 22.7 Å². The number of oxazole rings is 2. The Morgan fingerprint density at radius 2 is 2.00 bits per heavy atom. The summed E-state index contributed by atoms with van der Waals surface area (Å²) in [6.07, 6.45) is 3.17. The number of anilines is 3. The number of aromatic nitrogens is 4. The molecule has 0 saturated carbocycles. The van der Waals surface area contributed by atoms with E-state index in [9.17, 15) is 9.18 Å². The summed E-state index contributed by atoms with van der Waals surface area (Å²) >= 11 is 0. The van der Waals surface area contributed by atoms with E-state index >= 15 is 0 Å². The molecule has 6 heterocycles. The maximum Gasteiger partial charge on any atom is 0.300 e. The van der Waals surface area contributed by atoms with Crippen molar-refractivity contribution in [3.05, 3.63) is 42.0 Å². The molecule has 192 valence electrons. The van der Waals surface area contributed by atoms with Crippen LogP contribution in [0.4, 0.5) is 21.9 Å². The lowest BCUT2D eigenvalue weighted by Crippen LogP contribution is -2.37. The van der Waals surface area contributed by atoms with E-state index in [0.717, 1.165) is 11.3 Å². The molecule has 0 bridgehead atoms. The lowest BCUT2D eigenvalue weighted by atomic mass is 10.1. The molecule has 0 aromatic carbocycles. The van der Waals surface area contributed by atoms with Crippen molar-refractivity contribution >= 4 is 34.7 Å². The van der Waals surface area contributed by atoms with Gasteiger partial charge < -0.3 is 28.7 Å². The van der Waals surface area contributed by atoms with Crippen molar-refractivity contribution in [3.63, 3.8) is 0 Å². The van der Waals surface area contributed by atoms with Crippen LogP contribution >= 0.6 is 0 Å². The summed E-state index contributed by atoms with van der Waals surface area (Å²) in [5, 5.41) is 2.87. The fourth-order valence-electron chi connectivity index (χ4n) is 4.56. The van der Waals surface area contributed by atoms with Gasteiger partial charge in [0.2, 0.25) is 11.5 Å². The Morgan fingerprint density at radius 1 is 1.14 bits per heavy atom. The first-order valence-corrected chi connectivity index (χ1v) is 12.3. The SMILES string of the molecule is Cc1cc(-c2nc(C(=O)Nc3cc4oc(N5CCOCC5)nc4nc3N3CCCC(F)C3)co2)ccn1. The molecule has 0 spiro atoms. The van der Waals surface area contributed by atoms with Gasteiger partial charge in [0.05, 0.1) is 25.4 Å². The Kier molecular flexibility index (Phi) is 6.16. The lowest BCUT2D eigenvalue weighted by molar-refractivity contribution is 0.102. The van der Waals surface area contributed by atoms with E-state index in [2.05, 4.69) is 25.3 Å². The Balaban J connectivity index is 1.32. The minimum absolute atomic E-state index is 0.101. The fourth-order valence-corrected chi connectivity index (χ4v) is 4.56. The van der Waals surface area contributed by atoms with E-state index in [1.807, 2.05) is 22.8 Å². The predicted molar refractivity (Wildman–Crippen MR) is 134 cm³/mol. The summed E-state index contributed by atoms with van der Waals surface area (Å²) in [6.45, 7) is 5.15. The van der Waals surface area contributed by atoms with E-state index in [4.69, 9.17) is 13.6 Å². The Labute approximate surface area is 211 Å². The molecule has 6 rings (SSSR count). The summed E-state index contributed by atoms with van der Waals surface area (Å²) in [6, 6.07) is 5.71. The smallest absolute Gasteiger partial charge is 0.300 e. The number of piperidine rings is 1. The second kappa shape index (κ2) is 9.77. The standard InChI is InChI=1S/C25H26FN7O4/c1-15-11-16(4-5-27-15)24-29-19(14-36-24)23(34)28-18-12-20-21(30-22(18)33-6-2-3-17(26)13-33)31-25(37-20)32-7-9-35-10-8-32/h4-5,11-12,14,17H,2-3,6-10,13H2,1H3,(H,28,34). The number of halogens is 1. The topological polar surface area (TPSA) is 123 Å². The van der Waals surface area contributed by atoms with E-state index in [0.29, 0.717) is 80.3 Å². The highest BCUT2D eigenvalue weighted by Gasteiger charge is 2.26. The number of ether oxygens (including phenoxy) is 1. The minimum atomic E-state index is -0.974. The van der Waals surface area contributed by atoms with Crippen LogP contribution in [0.15, 0.2) is 39.5 Å². The van der Waals surface area contributed by atoms with Gasteiger partial charge >= 0.3 is 0 Å². The van der Waals surface area contributed by atoms with Crippen molar-refractivity contribution in [2.75, 3.05) is 54.5 Å². The molecule has 2 aliphatic rings. The van der Waals surface area contributed by atoms with Crippen molar-refractivity contribution in [2.24, 2.45) is 0 Å². The molecule has 1 atom stereocenters. The quantitative estimate of drug-likeness (QED) is 0.429. The highest BCUT2D eigenvalue weighted by atomic mass is 19.1. The highest BCUT2D eigenvalue weighted by molar-refractivity contribution is 6.05. The number of aryl methyl sites for hydroxylation is 1. The third kappa shape index (κ3) is 4.84. The molecule has 4 aromatic heterocycles. The van der Waals surface area contributed by atoms with Gasteiger partial charge in [-0.05, 0) is 31.9 Å². The van der Waals surface area contributed by atoms with Gasteiger partial charge in [-0.3, -0.25) is 9.78 Å². The van der Waals surface area contributed by atoms with Crippen LogP contribution in [-0.2, 0) is 4.74 Å². The molecular weight excluding hydrogens is 481 g/mol. The summed E-state index contributed by atoms with van der Waals surface area (Å²) in [5.41, 5.74) is 2.83. The average molecular weight is 508 g/mol. The number of morpholine rings is 1. The normalized spacial score (nSPS) is 18.4. The number of nitrogens with zero attached hydrogens (tertiary/aromatic N) is 6. The van der Waals surface area contributed by atoms with Gasteiger partial charge in [-0.15, -0.1) is 0 Å². The molecule has 2 fully saturated rings. The Morgan fingerprint density at radius 3 is 2.81 bits per heavy atom. The van der Waals surface area contributed by atoms with Crippen LogP contribution in [-0.4, -0.2) is 71.4 Å². The molecule has 1 amide bonds. The molecule has 12 heteroatoms.